The molecule has 0 unspecified atom stereocenters. The van der Waals surface area contributed by atoms with Crippen molar-refractivity contribution in [2.45, 2.75) is 44.4 Å². The predicted molar refractivity (Wildman–Crippen MR) is 123 cm³/mol. The van der Waals surface area contributed by atoms with Crippen molar-refractivity contribution in [1.29, 1.82) is 0 Å². The van der Waals surface area contributed by atoms with Crippen molar-refractivity contribution in [3.8, 4) is 11.3 Å². The second-order valence-electron chi connectivity index (χ2n) is 8.59. The first-order valence-electron chi connectivity index (χ1n) is 11.1. The van der Waals surface area contributed by atoms with E-state index in [1.165, 1.54) is 0 Å². The number of amides is 1. The molecule has 164 valence electrons. The van der Waals surface area contributed by atoms with Gasteiger partial charge in [-0.15, -0.1) is 0 Å². The lowest BCUT2D eigenvalue weighted by Crippen LogP contribution is -2.45. The van der Waals surface area contributed by atoms with Crippen LogP contribution in [-0.2, 0) is 13.6 Å². The van der Waals surface area contributed by atoms with E-state index < -0.39 is 6.10 Å². The van der Waals surface area contributed by atoms with Gasteiger partial charge in [0.25, 0.3) is 5.91 Å². The van der Waals surface area contributed by atoms with Gasteiger partial charge < -0.3 is 19.6 Å². The third-order valence-corrected chi connectivity index (χ3v) is 6.23. The molecule has 0 spiro atoms. The molecular weight excluding hydrogens is 402 g/mol. The number of aliphatic hydroxyl groups is 1. The Morgan fingerprint density at radius 1 is 1.12 bits per heavy atom. The number of carbonyl (C=O) groups is 1. The lowest BCUT2D eigenvalue weighted by atomic mass is 9.92. The molecule has 4 aromatic rings. The van der Waals surface area contributed by atoms with Gasteiger partial charge in [-0.1, -0.05) is 37.1 Å². The number of hydrogen-bond acceptors (Lipinski definition) is 4. The molecule has 2 N–H and O–H groups in total. The van der Waals surface area contributed by atoms with E-state index in [9.17, 15) is 9.90 Å². The minimum absolute atomic E-state index is 0.177. The summed E-state index contributed by atoms with van der Waals surface area (Å²) in [5, 5.41) is 13.3. The van der Waals surface area contributed by atoms with Gasteiger partial charge >= 0.3 is 0 Å². The minimum atomic E-state index is -0.480. The first-order valence-corrected chi connectivity index (χ1v) is 11.1. The Balaban J connectivity index is 1.39. The summed E-state index contributed by atoms with van der Waals surface area (Å²) < 4.78 is 3.99. The summed E-state index contributed by atoms with van der Waals surface area (Å²) in [5.74, 6) is -0.177. The monoisotopic (exact) mass is 429 g/mol. The van der Waals surface area contributed by atoms with E-state index >= 15 is 0 Å². The van der Waals surface area contributed by atoms with E-state index in [0.717, 1.165) is 48.0 Å². The lowest BCUT2D eigenvalue weighted by molar-refractivity contribution is 0.0718. The molecule has 1 aromatic carbocycles. The normalized spacial score (nSPS) is 18.7. The number of nitrogens with one attached hydrogen (secondary N) is 1. The average molecular weight is 430 g/mol. The molecule has 5 rings (SSSR count). The molecule has 0 saturated heterocycles. The van der Waals surface area contributed by atoms with Crippen molar-refractivity contribution in [2.24, 2.45) is 7.05 Å². The highest BCUT2D eigenvalue weighted by Crippen LogP contribution is 2.24. The minimum Gasteiger partial charge on any atom is -0.391 e. The molecule has 1 aliphatic rings. The van der Waals surface area contributed by atoms with E-state index in [0.29, 0.717) is 17.6 Å². The summed E-state index contributed by atoms with van der Waals surface area (Å²) in [7, 11) is 1.96. The fourth-order valence-electron chi connectivity index (χ4n) is 4.48. The fourth-order valence-corrected chi connectivity index (χ4v) is 4.48. The highest BCUT2D eigenvalue weighted by atomic mass is 16.3. The smallest absolute Gasteiger partial charge is 0.255 e. The molecule has 3 heterocycles. The summed E-state index contributed by atoms with van der Waals surface area (Å²) in [5.41, 5.74) is 5.28. The molecule has 0 bridgehead atoms. The number of aromatic nitrogens is 4. The summed E-state index contributed by atoms with van der Waals surface area (Å²) in [6, 6.07) is 12.0. The van der Waals surface area contributed by atoms with Crippen LogP contribution in [0.3, 0.4) is 0 Å². The summed E-state index contributed by atoms with van der Waals surface area (Å²) in [6.45, 7) is 0.629. The molecule has 0 aliphatic heterocycles. The van der Waals surface area contributed by atoms with E-state index in [1.807, 2.05) is 36.1 Å². The second-order valence-corrected chi connectivity index (χ2v) is 8.59. The van der Waals surface area contributed by atoms with E-state index in [-0.39, 0.29) is 11.9 Å². The van der Waals surface area contributed by atoms with Gasteiger partial charge in [-0.2, -0.15) is 0 Å². The largest absolute Gasteiger partial charge is 0.391 e. The molecule has 32 heavy (non-hydrogen) atoms. The van der Waals surface area contributed by atoms with E-state index in [2.05, 4.69) is 44.1 Å². The Hall–Kier alpha value is -3.45. The van der Waals surface area contributed by atoms with Crippen molar-refractivity contribution >= 4 is 16.9 Å². The molecule has 0 radical (unpaired) electrons. The fraction of sp³-hybridized carbons (Fsp3) is 0.320. The summed E-state index contributed by atoms with van der Waals surface area (Å²) in [6.07, 6.45) is 10.5. The van der Waals surface area contributed by atoms with Gasteiger partial charge in [0.05, 0.1) is 35.2 Å². The third-order valence-electron chi connectivity index (χ3n) is 6.23. The maximum Gasteiger partial charge on any atom is 0.255 e. The number of rotatable bonds is 5. The van der Waals surface area contributed by atoms with Crippen molar-refractivity contribution in [3.05, 3.63) is 72.4 Å². The molecule has 3 aromatic heterocycles. The highest BCUT2D eigenvalue weighted by molar-refractivity contribution is 6.05. The molecule has 1 fully saturated rings. The Kier molecular flexibility index (Phi) is 5.49. The highest BCUT2D eigenvalue weighted by Gasteiger charge is 2.26. The molecule has 1 amide bonds. The molecular formula is C25H27N5O2. The number of fused-ring (bicyclic) bond motifs is 1. The van der Waals surface area contributed by atoms with Gasteiger partial charge in [-0.05, 0) is 30.5 Å². The SMILES string of the molecule is Cn1cnc(-c2ccc(Cn3cc(C(=O)N[C@H]4CCCC[C@@H]4O)c4ncccc43)cc2)c1. The second kappa shape index (κ2) is 8.59. The van der Waals surface area contributed by atoms with Crippen molar-refractivity contribution in [1.82, 2.24) is 24.4 Å². The summed E-state index contributed by atoms with van der Waals surface area (Å²) >= 11 is 0. The van der Waals surface area contributed by atoms with E-state index in [1.54, 1.807) is 12.5 Å². The molecule has 7 heteroatoms. The number of benzene rings is 1. The van der Waals surface area contributed by atoms with E-state index in [4.69, 9.17) is 0 Å². The molecule has 1 saturated carbocycles. The van der Waals surface area contributed by atoms with Gasteiger partial charge in [0, 0.05) is 37.7 Å². The maximum absolute atomic E-state index is 13.1. The van der Waals surface area contributed by atoms with Gasteiger partial charge in [0.15, 0.2) is 0 Å². The van der Waals surface area contributed by atoms with Crippen LogP contribution in [0.1, 0.15) is 41.6 Å². The zero-order valence-corrected chi connectivity index (χ0v) is 18.1. The standard InChI is InChI=1S/C25H27N5O2/c1-29-15-21(27-16-29)18-10-8-17(9-11-18)13-30-14-19(24-22(30)6-4-12-26-24)25(32)28-20-5-2-3-7-23(20)31/h4,6,8-12,14-16,20,23,31H,2-3,5,7,13H2,1H3,(H,28,32)/t20-,23-/m0/s1. The number of pyridine rings is 1. The van der Waals surface area contributed by atoms with Crippen LogP contribution < -0.4 is 5.32 Å². The van der Waals surface area contributed by atoms with Crippen LogP contribution in [0.25, 0.3) is 22.3 Å². The first-order chi connectivity index (χ1) is 15.6. The number of imidazole rings is 1. The van der Waals surface area contributed by atoms with Crippen molar-refractivity contribution in [3.63, 3.8) is 0 Å². The lowest BCUT2D eigenvalue weighted by Gasteiger charge is -2.28. The van der Waals surface area contributed by atoms with Gasteiger partial charge in [0.1, 0.15) is 5.52 Å². The van der Waals surface area contributed by atoms with Gasteiger partial charge in [0.2, 0.25) is 0 Å². The Morgan fingerprint density at radius 3 is 2.69 bits per heavy atom. The van der Waals surface area contributed by atoms with Crippen molar-refractivity contribution in [2.75, 3.05) is 0 Å². The van der Waals surface area contributed by atoms with Crippen LogP contribution in [0.2, 0.25) is 0 Å². The van der Waals surface area contributed by atoms with Crippen LogP contribution in [0.15, 0.2) is 61.3 Å². The summed E-state index contributed by atoms with van der Waals surface area (Å²) in [4.78, 5) is 21.9. The zero-order valence-electron chi connectivity index (χ0n) is 18.1. The third kappa shape index (κ3) is 4.03. The van der Waals surface area contributed by atoms with Crippen LogP contribution in [-0.4, -0.2) is 42.3 Å². The number of nitrogens with zero attached hydrogens (tertiary/aromatic N) is 4. The molecule has 7 nitrogen and oxygen atoms in total. The van der Waals surface area contributed by atoms with Gasteiger partial charge in [-0.3, -0.25) is 9.78 Å². The topological polar surface area (TPSA) is 85.0 Å². The van der Waals surface area contributed by atoms with Crippen molar-refractivity contribution < 1.29 is 9.90 Å². The number of aryl methyl sites for hydroxylation is 1. The predicted octanol–water partition coefficient (Wildman–Crippen LogP) is 3.52. The Bertz CT molecular complexity index is 1240. The average Bonchev–Trinajstić information content (AvgIpc) is 3.40. The molecule has 2 atom stereocenters. The Labute approximate surface area is 186 Å². The van der Waals surface area contributed by atoms with Crippen LogP contribution in [0, 0.1) is 0 Å². The number of hydrogen-bond donors (Lipinski definition) is 2. The first kappa shape index (κ1) is 20.5. The maximum atomic E-state index is 13.1. The number of aliphatic hydroxyl groups excluding tert-OH is 1. The molecule has 1 aliphatic carbocycles. The van der Waals surface area contributed by atoms with Crippen LogP contribution in [0.4, 0.5) is 0 Å². The van der Waals surface area contributed by atoms with Crippen LogP contribution >= 0.6 is 0 Å². The van der Waals surface area contributed by atoms with Gasteiger partial charge in [-0.25, -0.2) is 4.98 Å². The quantitative estimate of drug-likeness (QED) is 0.508. The Morgan fingerprint density at radius 2 is 1.94 bits per heavy atom. The van der Waals surface area contributed by atoms with Crippen LogP contribution in [0.5, 0.6) is 0 Å². The number of carbonyl (C=O) groups excluding carboxylic acids is 1. The zero-order chi connectivity index (χ0) is 22.1.